The van der Waals surface area contributed by atoms with E-state index in [0.717, 1.165) is 5.56 Å². The number of carbonyl (C=O) groups is 1. The van der Waals surface area contributed by atoms with E-state index in [1.165, 1.54) is 6.07 Å². The molecular formula is C16H12N2O5. The number of amides is 1. The van der Waals surface area contributed by atoms with E-state index in [1.54, 1.807) is 30.3 Å². The number of hydrogen-bond donors (Lipinski definition) is 1. The third-order valence-electron chi connectivity index (χ3n) is 4.09. The Kier molecular flexibility index (Phi) is 2.94. The summed E-state index contributed by atoms with van der Waals surface area (Å²) in [5.74, 6) is 0.574. The first-order valence-corrected chi connectivity index (χ1v) is 7.10. The Morgan fingerprint density at radius 2 is 1.87 bits per heavy atom. The molecule has 0 radical (unpaired) electrons. The van der Waals surface area contributed by atoms with E-state index in [2.05, 4.69) is 5.32 Å². The summed E-state index contributed by atoms with van der Waals surface area (Å²) in [7, 11) is 0. The summed E-state index contributed by atoms with van der Waals surface area (Å²) in [6.45, 7) is 0.127. The van der Waals surface area contributed by atoms with E-state index in [4.69, 9.17) is 9.47 Å². The number of hydrogen-bond acceptors (Lipinski definition) is 5. The quantitative estimate of drug-likeness (QED) is 0.680. The minimum Gasteiger partial charge on any atom is -0.454 e. The molecule has 0 bridgehead atoms. The number of ether oxygens (including phenoxy) is 2. The van der Waals surface area contributed by atoms with Crippen LogP contribution in [0.25, 0.3) is 0 Å². The van der Waals surface area contributed by atoms with E-state index >= 15 is 0 Å². The molecular weight excluding hydrogens is 300 g/mol. The number of nitro groups is 1. The molecule has 116 valence electrons. The largest absolute Gasteiger partial charge is 0.454 e. The number of anilines is 1. The second kappa shape index (κ2) is 4.98. The van der Waals surface area contributed by atoms with E-state index in [1.807, 2.05) is 0 Å². The van der Waals surface area contributed by atoms with Crippen LogP contribution in [0.5, 0.6) is 11.5 Å². The second-order valence-corrected chi connectivity index (χ2v) is 5.41. The van der Waals surface area contributed by atoms with Gasteiger partial charge in [-0.2, -0.15) is 0 Å². The van der Waals surface area contributed by atoms with Crippen molar-refractivity contribution in [2.45, 2.75) is 12.3 Å². The number of fused-ring (bicyclic) bond motifs is 2. The van der Waals surface area contributed by atoms with Gasteiger partial charge in [0, 0.05) is 35.7 Å². The lowest BCUT2D eigenvalue weighted by Gasteiger charge is -2.26. The first kappa shape index (κ1) is 13.6. The van der Waals surface area contributed by atoms with Crippen molar-refractivity contribution in [1.29, 1.82) is 0 Å². The number of para-hydroxylation sites is 1. The first-order chi connectivity index (χ1) is 11.1. The maximum absolute atomic E-state index is 12.0. The predicted octanol–water partition coefficient (Wildman–Crippen LogP) is 2.80. The third kappa shape index (κ3) is 2.17. The number of nitrogens with one attached hydrogen (secondary N) is 1. The molecule has 7 heteroatoms. The van der Waals surface area contributed by atoms with Gasteiger partial charge in [0.1, 0.15) is 0 Å². The fourth-order valence-corrected chi connectivity index (χ4v) is 3.08. The van der Waals surface area contributed by atoms with Crippen molar-refractivity contribution >= 4 is 17.3 Å². The van der Waals surface area contributed by atoms with E-state index < -0.39 is 10.8 Å². The average molecular weight is 312 g/mol. The van der Waals surface area contributed by atoms with Crippen molar-refractivity contribution in [2.75, 3.05) is 12.1 Å². The van der Waals surface area contributed by atoms with Crippen LogP contribution >= 0.6 is 0 Å². The van der Waals surface area contributed by atoms with Gasteiger partial charge in [-0.1, -0.05) is 18.2 Å². The third-order valence-corrected chi connectivity index (χ3v) is 4.09. The molecule has 7 nitrogen and oxygen atoms in total. The van der Waals surface area contributed by atoms with Gasteiger partial charge in [0.15, 0.2) is 11.5 Å². The predicted molar refractivity (Wildman–Crippen MR) is 80.8 cm³/mol. The van der Waals surface area contributed by atoms with Crippen molar-refractivity contribution in [3.05, 3.63) is 57.6 Å². The number of carbonyl (C=O) groups excluding carboxylic acids is 1. The number of benzene rings is 2. The van der Waals surface area contributed by atoms with Gasteiger partial charge < -0.3 is 14.8 Å². The minimum atomic E-state index is -0.422. The Morgan fingerprint density at radius 1 is 1.13 bits per heavy atom. The summed E-state index contributed by atoms with van der Waals surface area (Å²) >= 11 is 0. The van der Waals surface area contributed by atoms with Crippen molar-refractivity contribution < 1.29 is 19.2 Å². The van der Waals surface area contributed by atoms with Gasteiger partial charge in [0.05, 0.1) is 4.92 Å². The Labute approximate surface area is 131 Å². The molecule has 0 aliphatic carbocycles. The maximum Gasteiger partial charge on any atom is 0.273 e. The Balaban J connectivity index is 1.89. The van der Waals surface area contributed by atoms with Gasteiger partial charge in [-0.25, -0.2) is 0 Å². The summed E-state index contributed by atoms with van der Waals surface area (Å²) in [6, 6.07) is 9.99. The highest BCUT2D eigenvalue weighted by molar-refractivity contribution is 5.96. The molecule has 4 rings (SSSR count). The van der Waals surface area contributed by atoms with E-state index in [9.17, 15) is 14.9 Å². The van der Waals surface area contributed by atoms with Crippen LogP contribution in [0.4, 0.5) is 11.4 Å². The lowest BCUT2D eigenvalue weighted by atomic mass is 9.84. The second-order valence-electron chi connectivity index (χ2n) is 5.41. The van der Waals surface area contributed by atoms with Gasteiger partial charge in [0.25, 0.3) is 5.69 Å². The van der Waals surface area contributed by atoms with Crippen LogP contribution in [0, 0.1) is 10.1 Å². The van der Waals surface area contributed by atoms with Crippen LogP contribution in [-0.2, 0) is 4.79 Å². The molecule has 2 aliphatic rings. The summed E-state index contributed by atoms with van der Waals surface area (Å²) in [6.07, 6.45) is 0.150. The van der Waals surface area contributed by atoms with E-state index in [-0.39, 0.29) is 24.8 Å². The molecule has 1 amide bonds. The number of nitrogens with zero attached hydrogens (tertiary/aromatic N) is 1. The molecule has 2 heterocycles. The van der Waals surface area contributed by atoms with Gasteiger partial charge >= 0.3 is 0 Å². The monoisotopic (exact) mass is 312 g/mol. The standard InChI is InChI=1S/C16H12N2O5/c19-16-6-10(9-3-1-2-4-13(9)18(20)21)11-5-14-15(23-8-22-14)7-12(11)17-16/h1-5,7,10H,6,8H2,(H,17,19). The van der Waals surface area contributed by atoms with Crippen LogP contribution in [0.1, 0.15) is 23.5 Å². The Morgan fingerprint density at radius 3 is 2.65 bits per heavy atom. The number of nitro benzene ring substituents is 1. The van der Waals surface area contributed by atoms with Crippen LogP contribution in [0.3, 0.4) is 0 Å². The lowest BCUT2D eigenvalue weighted by Crippen LogP contribution is -2.24. The molecule has 2 aromatic rings. The summed E-state index contributed by atoms with van der Waals surface area (Å²) in [5, 5.41) is 14.1. The van der Waals surface area contributed by atoms with Crippen LogP contribution in [-0.4, -0.2) is 17.6 Å². The molecule has 0 aromatic heterocycles. The van der Waals surface area contributed by atoms with E-state index in [0.29, 0.717) is 22.7 Å². The fourth-order valence-electron chi connectivity index (χ4n) is 3.08. The van der Waals surface area contributed by atoms with Crippen molar-refractivity contribution in [3.8, 4) is 11.5 Å². The van der Waals surface area contributed by atoms with Gasteiger partial charge in [0.2, 0.25) is 12.7 Å². The molecule has 2 aliphatic heterocycles. The van der Waals surface area contributed by atoms with Gasteiger partial charge in [-0.05, 0) is 11.6 Å². The molecule has 23 heavy (non-hydrogen) atoms. The Hall–Kier alpha value is -3.09. The van der Waals surface area contributed by atoms with Crippen LogP contribution in [0.15, 0.2) is 36.4 Å². The highest BCUT2D eigenvalue weighted by atomic mass is 16.7. The molecule has 1 unspecified atom stereocenters. The topological polar surface area (TPSA) is 90.7 Å². The average Bonchev–Trinajstić information content (AvgIpc) is 2.99. The first-order valence-electron chi connectivity index (χ1n) is 7.10. The zero-order chi connectivity index (χ0) is 16.0. The smallest absolute Gasteiger partial charge is 0.273 e. The molecule has 2 aromatic carbocycles. The summed E-state index contributed by atoms with van der Waals surface area (Å²) in [4.78, 5) is 22.9. The molecule has 0 saturated heterocycles. The molecule has 1 N–H and O–H groups in total. The zero-order valence-electron chi connectivity index (χ0n) is 11.9. The Bertz CT molecular complexity index is 833. The highest BCUT2D eigenvalue weighted by Gasteiger charge is 2.33. The van der Waals surface area contributed by atoms with Gasteiger partial charge in [-0.15, -0.1) is 0 Å². The van der Waals surface area contributed by atoms with Crippen molar-refractivity contribution in [1.82, 2.24) is 0 Å². The molecule has 0 saturated carbocycles. The SMILES string of the molecule is O=C1CC(c2ccccc2[N+](=O)[O-])c2cc3c(cc2N1)OCO3. The number of rotatable bonds is 2. The molecule has 0 fully saturated rings. The highest BCUT2D eigenvalue weighted by Crippen LogP contribution is 2.46. The lowest BCUT2D eigenvalue weighted by molar-refractivity contribution is -0.385. The molecule has 1 atom stereocenters. The maximum atomic E-state index is 12.0. The van der Waals surface area contributed by atoms with Crippen LogP contribution in [0.2, 0.25) is 0 Å². The van der Waals surface area contributed by atoms with Crippen molar-refractivity contribution in [2.24, 2.45) is 0 Å². The zero-order valence-corrected chi connectivity index (χ0v) is 11.9. The normalized spacial score (nSPS) is 18.3. The van der Waals surface area contributed by atoms with Crippen molar-refractivity contribution in [3.63, 3.8) is 0 Å². The molecule has 0 spiro atoms. The summed E-state index contributed by atoms with van der Waals surface area (Å²) < 4.78 is 10.7. The van der Waals surface area contributed by atoms with Gasteiger partial charge in [-0.3, -0.25) is 14.9 Å². The van der Waals surface area contributed by atoms with Crippen LogP contribution < -0.4 is 14.8 Å². The summed E-state index contributed by atoms with van der Waals surface area (Å²) in [5.41, 5.74) is 1.93. The minimum absolute atomic E-state index is 0.0100. The fraction of sp³-hybridized carbons (Fsp3) is 0.188.